The van der Waals surface area contributed by atoms with Gasteiger partial charge in [-0.3, -0.25) is 9.78 Å². The van der Waals surface area contributed by atoms with Gasteiger partial charge in [0.05, 0.1) is 18.2 Å². The first-order valence-electron chi connectivity index (χ1n) is 8.94. The zero-order valence-corrected chi connectivity index (χ0v) is 16.7. The van der Waals surface area contributed by atoms with Gasteiger partial charge < -0.3 is 14.5 Å². The molecule has 0 aliphatic rings. The fourth-order valence-electron chi connectivity index (χ4n) is 2.83. The summed E-state index contributed by atoms with van der Waals surface area (Å²) in [6, 6.07) is 14.2. The molecule has 4 aromatic rings. The molecule has 0 saturated carbocycles. The number of sulfone groups is 1. The van der Waals surface area contributed by atoms with E-state index in [1.165, 1.54) is 25.3 Å². The first-order valence-corrected chi connectivity index (χ1v) is 10.4. The van der Waals surface area contributed by atoms with Crippen LogP contribution in [0.25, 0.3) is 11.0 Å². The van der Waals surface area contributed by atoms with Crippen molar-refractivity contribution < 1.29 is 22.4 Å². The van der Waals surface area contributed by atoms with Gasteiger partial charge in [-0.15, -0.1) is 0 Å². The fourth-order valence-corrected chi connectivity index (χ4v) is 4.04. The van der Waals surface area contributed by atoms with Gasteiger partial charge in [-0.1, -0.05) is 18.2 Å². The zero-order valence-electron chi connectivity index (χ0n) is 15.9. The number of hydrogen-bond acceptors (Lipinski definition) is 7. The SMILES string of the molecule is COc1cccc(S(=O)(=O)c2ccc(CNC(=O)c3cc4ccncc4o3)cc2)n1. The average molecular weight is 423 g/mol. The normalized spacial score (nSPS) is 11.4. The molecule has 0 spiro atoms. The number of amides is 1. The van der Waals surface area contributed by atoms with Gasteiger partial charge in [-0.05, 0) is 35.9 Å². The molecule has 3 aromatic heterocycles. The molecule has 3 heterocycles. The highest BCUT2D eigenvalue weighted by Crippen LogP contribution is 2.22. The zero-order chi connectivity index (χ0) is 21.1. The summed E-state index contributed by atoms with van der Waals surface area (Å²) in [6.45, 7) is 0.214. The number of pyridine rings is 2. The number of carbonyl (C=O) groups is 1. The third kappa shape index (κ3) is 3.87. The molecule has 0 aliphatic heterocycles. The maximum absolute atomic E-state index is 12.7. The third-order valence-corrected chi connectivity index (χ3v) is 6.09. The van der Waals surface area contributed by atoms with Gasteiger partial charge in [0.1, 0.15) is 0 Å². The number of ether oxygens (including phenoxy) is 1. The Morgan fingerprint density at radius 1 is 1.13 bits per heavy atom. The van der Waals surface area contributed by atoms with Crippen molar-refractivity contribution in [3.63, 3.8) is 0 Å². The van der Waals surface area contributed by atoms with Gasteiger partial charge >= 0.3 is 0 Å². The van der Waals surface area contributed by atoms with Crippen LogP contribution in [0.15, 0.2) is 81.3 Å². The molecule has 30 heavy (non-hydrogen) atoms. The Labute approximate surface area is 172 Å². The van der Waals surface area contributed by atoms with E-state index in [4.69, 9.17) is 9.15 Å². The van der Waals surface area contributed by atoms with E-state index in [-0.39, 0.29) is 34.0 Å². The number of fused-ring (bicyclic) bond motifs is 1. The second kappa shape index (κ2) is 7.96. The molecule has 9 heteroatoms. The van der Waals surface area contributed by atoms with E-state index in [1.807, 2.05) is 0 Å². The van der Waals surface area contributed by atoms with E-state index in [0.29, 0.717) is 5.58 Å². The van der Waals surface area contributed by atoms with E-state index in [9.17, 15) is 13.2 Å². The molecule has 1 N–H and O–H groups in total. The van der Waals surface area contributed by atoms with Crippen molar-refractivity contribution in [1.82, 2.24) is 15.3 Å². The van der Waals surface area contributed by atoms with Gasteiger partial charge in [-0.25, -0.2) is 13.4 Å². The molecule has 4 rings (SSSR count). The van der Waals surface area contributed by atoms with Crippen molar-refractivity contribution in [3.8, 4) is 5.88 Å². The number of carbonyl (C=O) groups excluding carboxylic acids is 1. The topological polar surface area (TPSA) is 111 Å². The molecule has 1 aromatic carbocycles. The standard InChI is InChI=1S/C21H17N3O5S/c1-28-19-3-2-4-20(24-19)30(26,27)16-7-5-14(6-8-16)12-23-21(25)17-11-15-9-10-22-13-18(15)29-17/h2-11,13H,12H2,1H3,(H,23,25). The van der Waals surface area contributed by atoms with Crippen LogP contribution in [-0.4, -0.2) is 31.4 Å². The summed E-state index contributed by atoms with van der Waals surface area (Å²) in [5.41, 5.74) is 1.27. The van der Waals surface area contributed by atoms with Crippen LogP contribution in [0.3, 0.4) is 0 Å². The smallest absolute Gasteiger partial charge is 0.287 e. The number of benzene rings is 1. The number of furan rings is 1. The van der Waals surface area contributed by atoms with Crippen LogP contribution in [-0.2, 0) is 16.4 Å². The van der Waals surface area contributed by atoms with Crippen LogP contribution in [0.5, 0.6) is 5.88 Å². The van der Waals surface area contributed by atoms with E-state index in [0.717, 1.165) is 10.9 Å². The maximum Gasteiger partial charge on any atom is 0.287 e. The molecule has 0 fully saturated rings. The Morgan fingerprint density at radius 2 is 1.93 bits per heavy atom. The first-order chi connectivity index (χ1) is 14.5. The molecule has 0 unspecified atom stereocenters. The minimum absolute atomic E-state index is 0.0951. The van der Waals surface area contributed by atoms with E-state index < -0.39 is 9.84 Å². The quantitative estimate of drug-likeness (QED) is 0.507. The van der Waals surface area contributed by atoms with Crippen LogP contribution in [0.1, 0.15) is 16.1 Å². The third-order valence-electron chi connectivity index (χ3n) is 4.42. The number of methoxy groups -OCH3 is 1. The predicted octanol–water partition coefficient (Wildman–Crippen LogP) is 2.99. The van der Waals surface area contributed by atoms with E-state index >= 15 is 0 Å². The predicted molar refractivity (Wildman–Crippen MR) is 108 cm³/mol. The summed E-state index contributed by atoms with van der Waals surface area (Å²) in [6.07, 6.45) is 3.17. The Balaban J connectivity index is 1.46. The van der Waals surface area contributed by atoms with Crippen molar-refractivity contribution in [2.24, 2.45) is 0 Å². The number of rotatable bonds is 6. The second-order valence-electron chi connectivity index (χ2n) is 6.37. The summed E-state index contributed by atoms with van der Waals surface area (Å²) < 4.78 is 36.0. The van der Waals surface area contributed by atoms with Gasteiger partial charge in [-0.2, -0.15) is 0 Å². The molecule has 0 bridgehead atoms. The van der Waals surface area contributed by atoms with Crippen molar-refractivity contribution in [2.75, 3.05) is 7.11 Å². The van der Waals surface area contributed by atoms with Crippen LogP contribution in [0.2, 0.25) is 0 Å². The van der Waals surface area contributed by atoms with Crippen molar-refractivity contribution in [3.05, 3.63) is 78.3 Å². The first kappa shape index (κ1) is 19.6. The highest BCUT2D eigenvalue weighted by atomic mass is 32.2. The summed E-state index contributed by atoms with van der Waals surface area (Å²) in [7, 11) is -2.36. The van der Waals surface area contributed by atoms with Crippen LogP contribution < -0.4 is 10.1 Å². The lowest BCUT2D eigenvalue weighted by Crippen LogP contribution is -2.22. The monoisotopic (exact) mass is 423 g/mol. The molecule has 0 atom stereocenters. The molecular formula is C21H17N3O5S. The van der Waals surface area contributed by atoms with E-state index in [1.54, 1.807) is 48.8 Å². The van der Waals surface area contributed by atoms with Crippen molar-refractivity contribution in [2.45, 2.75) is 16.5 Å². The highest BCUT2D eigenvalue weighted by Gasteiger charge is 2.20. The Morgan fingerprint density at radius 3 is 2.67 bits per heavy atom. The molecule has 8 nitrogen and oxygen atoms in total. The van der Waals surface area contributed by atoms with Crippen LogP contribution >= 0.6 is 0 Å². The fraction of sp³-hybridized carbons (Fsp3) is 0.0952. The Bertz CT molecular complexity index is 1280. The lowest BCUT2D eigenvalue weighted by molar-refractivity contribution is 0.0925. The highest BCUT2D eigenvalue weighted by molar-refractivity contribution is 7.91. The average Bonchev–Trinajstić information content (AvgIpc) is 3.22. The number of aromatic nitrogens is 2. The van der Waals surface area contributed by atoms with Gasteiger partial charge in [0.15, 0.2) is 16.4 Å². The molecule has 0 saturated heterocycles. The largest absolute Gasteiger partial charge is 0.481 e. The maximum atomic E-state index is 12.7. The summed E-state index contributed by atoms with van der Waals surface area (Å²) in [5.74, 6) is 0.0292. The number of hydrogen-bond donors (Lipinski definition) is 1. The van der Waals surface area contributed by atoms with Gasteiger partial charge in [0.25, 0.3) is 5.91 Å². The van der Waals surface area contributed by atoms with Crippen molar-refractivity contribution >= 4 is 26.7 Å². The van der Waals surface area contributed by atoms with Gasteiger partial charge in [0.2, 0.25) is 15.7 Å². The van der Waals surface area contributed by atoms with Crippen LogP contribution in [0.4, 0.5) is 0 Å². The summed E-state index contributed by atoms with van der Waals surface area (Å²) in [5, 5.41) is 3.44. The van der Waals surface area contributed by atoms with Crippen LogP contribution in [0, 0.1) is 0 Å². The Kier molecular flexibility index (Phi) is 5.20. The van der Waals surface area contributed by atoms with Gasteiger partial charge in [0, 0.05) is 24.2 Å². The minimum Gasteiger partial charge on any atom is -0.481 e. The molecule has 152 valence electrons. The number of nitrogens with one attached hydrogen (secondary N) is 1. The lowest BCUT2D eigenvalue weighted by atomic mass is 10.2. The lowest BCUT2D eigenvalue weighted by Gasteiger charge is -2.07. The number of nitrogens with zero attached hydrogens (tertiary/aromatic N) is 2. The molecular weight excluding hydrogens is 406 g/mol. The van der Waals surface area contributed by atoms with E-state index in [2.05, 4.69) is 15.3 Å². The second-order valence-corrected chi connectivity index (χ2v) is 8.27. The molecule has 1 amide bonds. The molecule has 0 aliphatic carbocycles. The minimum atomic E-state index is -3.78. The van der Waals surface area contributed by atoms with Crippen molar-refractivity contribution in [1.29, 1.82) is 0 Å². The summed E-state index contributed by atoms with van der Waals surface area (Å²) in [4.78, 5) is 20.4. The molecule has 0 radical (unpaired) electrons. The Hall–Kier alpha value is -3.72. The summed E-state index contributed by atoms with van der Waals surface area (Å²) >= 11 is 0.